The number of nitroso groups, excluding NO2 is 1. The molecule has 0 atom stereocenters. The number of ether oxygens (including phenoxy) is 1. The van der Waals surface area contributed by atoms with Crippen molar-refractivity contribution in [2.75, 3.05) is 6.61 Å². The van der Waals surface area contributed by atoms with E-state index in [4.69, 9.17) is 11.6 Å². The standard InChI is InChI=1S/C10H9ClFNO3/c1-2-16-10(14)8-7(11)4-3-6(5-13-15)9(8)12/h3-4H,2,5H2,1H3. The fraction of sp³-hybridized carbons (Fsp3) is 0.300. The molecule has 86 valence electrons. The lowest BCUT2D eigenvalue weighted by Gasteiger charge is -2.07. The van der Waals surface area contributed by atoms with Crippen molar-refractivity contribution in [2.24, 2.45) is 5.18 Å². The van der Waals surface area contributed by atoms with Gasteiger partial charge in [0, 0.05) is 5.56 Å². The van der Waals surface area contributed by atoms with E-state index in [1.165, 1.54) is 12.1 Å². The summed E-state index contributed by atoms with van der Waals surface area (Å²) in [7, 11) is 0. The van der Waals surface area contributed by atoms with Gasteiger partial charge in [-0.15, -0.1) is 0 Å². The van der Waals surface area contributed by atoms with Crippen molar-refractivity contribution in [3.05, 3.63) is 39.0 Å². The van der Waals surface area contributed by atoms with Gasteiger partial charge in [0.15, 0.2) is 0 Å². The van der Waals surface area contributed by atoms with Gasteiger partial charge >= 0.3 is 5.97 Å². The van der Waals surface area contributed by atoms with Gasteiger partial charge in [0.1, 0.15) is 17.9 Å². The lowest BCUT2D eigenvalue weighted by Crippen LogP contribution is -2.09. The van der Waals surface area contributed by atoms with Crippen LogP contribution in [0.25, 0.3) is 0 Å². The lowest BCUT2D eigenvalue weighted by molar-refractivity contribution is 0.0521. The summed E-state index contributed by atoms with van der Waals surface area (Å²) in [4.78, 5) is 21.4. The van der Waals surface area contributed by atoms with Crippen LogP contribution in [0.15, 0.2) is 17.3 Å². The quantitative estimate of drug-likeness (QED) is 0.605. The number of halogens is 2. The number of esters is 1. The van der Waals surface area contributed by atoms with Crippen LogP contribution in [0, 0.1) is 10.7 Å². The molecule has 0 saturated carbocycles. The first-order valence-corrected chi connectivity index (χ1v) is 4.92. The molecule has 0 amide bonds. The van der Waals surface area contributed by atoms with E-state index in [-0.39, 0.29) is 29.3 Å². The summed E-state index contributed by atoms with van der Waals surface area (Å²) in [6.45, 7) is 1.36. The van der Waals surface area contributed by atoms with E-state index in [1.807, 2.05) is 0 Å². The van der Waals surface area contributed by atoms with Gasteiger partial charge in [-0.2, -0.15) is 4.91 Å². The molecular weight excluding hydrogens is 237 g/mol. The lowest BCUT2D eigenvalue weighted by atomic mass is 10.1. The van der Waals surface area contributed by atoms with Crippen molar-refractivity contribution >= 4 is 17.6 Å². The molecule has 6 heteroatoms. The molecule has 0 aliphatic carbocycles. The van der Waals surface area contributed by atoms with E-state index in [9.17, 15) is 14.1 Å². The third-order valence-corrected chi connectivity index (χ3v) is 2.20. The van der Waals surface area contributed by atoms with E-state index in [2.05, 4.69) is 9.91 Å². The van der Waals surface area contributed by atoms with Gasteiger partial charge in [0.05, 0.1) is 11.6 Å². The SMILES string of the molecule is CCOC(=O)c1c(Cl)ccc(CN=O)c1F. The number of hydrogen-bond acceptors (Lipinski definition) is 4. The number of carbonyl (C=O) groups is 1. The smallest absolute Gasteiger partial charge is 0.342 e. The average molecular weight is 246 g/mol. The summed E-state index contributed by atoms with van der Waals surface area (Å²) in [5, 5.41) is 2.51. The van der Waals surface area contributed by atoms with Crippen LogP contribution in [0.5, 0.6) is 0 Å². The predicted molar refractivity (Wildman–Crippen MR) is 56.9 cm³/mol. The van der Waals surface area contributed by atoms with E-state index in [1.54, 1.807) is 6.92 Å². The fourth-order valence-electron chi connectivity index (χ4n) is 1.18. The van der Waals surface area contributed by atoms with Gasteiger partial charge in [-0.05, 0) is 13.0 Å². The predicted octanol–water partition coefficient (Wildman–Crippen LogP) is 2.92. The number of hydrogen-bond donors (Lipinski definition) is 0. The Bertz CT molecular complexity index is 423. The maximum absolute atomic E-state index is 13.7. The van der Waals surface area contributed by atoms with Crippen LogP contribution < -0.4 is 0 Å². The van der Waals surface area contributed by atoms with Crippen molar-refractivity contribution in [1.82, 2.24) is 0 Å². The van der Waals surface area contributed by atoms with Gasteiger partial charge in [-0.3, -0.25) is 0 Å². The Morgan fingerprint density at radius 2 is 2.25 bits per heavy atom. The minimum atomic E-state index is -0.856. The van der Waals surface area contributed by atoms with E-state index in [0.717, 1.165) is 0 Å². The van der Waals surface area contributed by atoms with E-state index >= 15 is 0 Å². The van der Waals surface area contributed by atoms with Crippen molar-refractivity contribution in [2.45, 2.75) is 13.5 Å². The molecule has 1 aromatic rings. The first kappa shape index (κ1) is 12.6. The molecule has 0 heterocycles. The highest BCUT2D eigenvalue weighted by molar-refractivity contribution is 6.33. The Hall–Kier alpha value is -1.49. The first-order valence-electron chi connectivity index (χ1n) is 4.55. The normalized spacial score (nSPS) is 9.94. The molecule has 0 unspecified atom stereocenters. The fourth-order valence-corrected chi connectivity index (χ4v) is 1.40. The largest absolute Gasteiger partial charge is 0.462 e. The highest BCUT2D eigenvalue weighted by Crippen LogP contribution is 2.23. The summed E-state index contributed by atoms with van der Waals surface area (Å²) < 4.78 is 18.4. The molecule has 0 radical (unpaired) electrons. The Kier molecular flexibility index (Phi) is 4.37. The van der Waals surface area contributed by atoms with Crippen molar-refractivity contribution < 1.29 is 13.9 Å². The zero-order valence-corrected chi connectivity index (χ0v) is 9.25. The summed E-state index contributed by atoms with van der Waals surface area (Å²) in [6, 6.07) is 2.64. The molecule has 1 rings (SSSR count). The van der Waals surface area contributed by atoms with Crippen molar-refractivity contribution in [3.63, 3.8) is 0 Å². The van der Waals surface area contributed by atoms with Gasteiger partial charge < -0.3 is 4.74 Å². The molecule has 0 fully saturated rings. The van der Waals surface area contributed by atoms with Crippen LogP contribution in [-0.2, 0) is 11.3 Å². The molecule has 0 N–H and O–H groups in total. The molecule has 0 aromatic heterocycles. The van der Waals surface area contributed by atoms with Crippen LogP contribution in [0.2, 0.25) is 5.02 Å². The van der Waals surface area contributed by atoms with Crippen LogP contribution in [-0.4, -0.2) is 12.6 Å². The Morgan fingerprint density at radius 1 is 1.56 bits per heavy atom. The molecule has 1 aromatic carbocycles. The molecule has 0 spiro atoms. The Morgan fingerprint density at radius 3 is 2.81 bits per heavy atom. The number of benzene rings is 1. The maximum Gasteiger partial charge on any atom is 0.342 e. The van der Waals surface area contributed by atoms with Crippen LogP contribution in [0.1, 0.15) is 22.8 Å². The zero-order chi connectivity index (χ0) is 12.1. The summed E-state index contributed by atoms with van der Waals surface area (Å²) >= 11 is 5.68. The number of carbonyl (C=O) groups excluding carboxylic acids is 1. The number of nitrogens with zero attached hydrogens (tertiary/aromatic N) is 1. The Labute approximate surface area is 96.3 Å². The third-order valence-electron chi connectivity index (χ3n) is 1.89. The zero-order valence-electron chi connectivity index (χ0n) is 8.50. The molecule has 4 nitrogen and oxygen atoms in total. The minimum Gasteiger partial charge on any atom is -0.462 e. The summed E-state index contributed by atoms with van der Waals surface area (Å²) in [5.41, 5.74) is -0.341. The molecule has 0 saturated heterocycles. The molecule has 0 bridgehead atoms. The average Bonchev–Trinajstić information content (AvgIpc) is 2.23. The summed E-state index contributed by atoms with van der Waals surface area (Å²) in [6.07, 6.45) is 0. The van der Waals surface area contributed by atoms with Crippen LogP contribution in [0.3, 0.4) is 0 Å². The molecular formula is C10H9ClFNO3. The monoisotopic (exact) mass is 245 g/mol. The highest BCUT2D eigenvalue weighted by atomic mass is 35.5. The van der Waals surface area contributed by atoms with Gasteiger partial charge in [-0.25, -0.2) is 9.18 Å². The minimum absolute atomic E-state index is 0.0162. The third kappa shape index (κ3) is 2.55. The van der Waals surface area contributed by atoms with Gasteiger partial charge in [0.2, 0.25) is 0 Å². The van der Waals surface area contributed by atoms with Gasteiger partial charge in [0.25, 0.3) is 0 Å². The molecule has 16 heavy (non-hydrogen) atoms. The molecule has 0 aliphatic rings. The van der Waals surface area contributed by atoms with E-state index < -0.39 is 11.8 Å². The molecule has 0 aliphatic heterocycles. The van der Waals surface area contributed by atoms with E-state index in [0.29, 0.717) is 0 Å². The first-order chi connectivity index (χ1) is 7.61. The van der Waals surface area contributed by atoms with Gasteiger partial charge in [-0.1, -0.05) is 22.8 Å². The van der Waals surface area contributed by atoms with Crippen molar-refractivity contribution in [1.29, 1.82) is 0 Å². The van der Waals surface area contributed by atoms with Crippen molar-refractivity contribution in [3.8, 4) is 0 Å². The second-order valence-corrected chi connectivity index (χ2v) is 3.31. The highest BCUT2D eigenvalue weighted by Gasteiger charge is 2.20. The second kappa shape index (κ2) is 5.55. The number of rotatable bonds is 4. The van der Waals surface area contributed by atoms with Crippen LogP contribution >= 0.6 is 11.6 Å². The Balaban J connectivity index is 3.20. The van der Waals surface area contributed by atoms with Crippen LogP contribution in [0.4, 0.5) is 4.39 Å². The second-order valence-electron chi connectivity index (χ2n) is 2.90. The topological polar surface area (TPSA) is 55.7 Å². The maximum atomic E-state index is 13.7. The summed E-state index contributed by atoms with van der Waals surface area (Å²) in [5.74, 6) is -1.71.